The number of aromatic nitrogens is 2. The van der Waals surface area contributed by atoms with Crippen LogP contribution in [0.4, 0.5) is 11.4 Å². The van der Waals surface area contributed by atoms with E-state index in [1.54, 1.807) is 29.6 Å². The molecule has 0 bridgehead atoms. The van der Waals surface area contributed by atoms with Gasteiger partial charge in [0, 0.05) is 18.1 Å². The highest BCUT2D eigenvalue weighted by molar-refractivity contribution is 7.12. The van der Waals surface area contributed by atoms with Crippen molar-refractivity contribution >= 4 is 57.7 Å². The molecule has 2 aromatic heterocycles. The van der Waals surface area contributed by atoms with Crippen LogP contribution in [-0.2, 0) is 0 Å². The Labute approximate surface area is 156 Å². The second-order valence-corrected chi connectivity index (χ2v) is 6.52. The van der Waals surface area contributed by atoms with Crippen LogP contribution < -0.4 is 10.6 Å². The molecule has 0 saturated carbocycles. The fourth-order valence-electron chi connectivity index (χ4n) is 1.95. The highest BCUT2D eigenvalue weighted by atomic mass is 35.5. The zero-order valence-electron chi connectivity index (χ0n) is 12.5. The lowest BCUT2D eigenvalue weighted by Crippen LogP contribution is -2.17. The molecule has 3 rings (SSSR count). The normalized spacial score (nSPS) is 10.3. The monoisotopic (exact) mass is 392 g/mol. The maximum absolute atomic E-state index is 12.5. The van der Waals surface area contributed by atoms with E-state index in [9.17, 15) is 9.59 Å². The van der Waals surface area contributed by atoms with Gasteiger partial charge in [-0.2, -0.15) is 0 Å². The third-order valence-corrected chi connectivity index (χ3v) is 4.75. The minimum atomic E-state index is -0.449. The molecule has 6 nitrogen and oxygen atoms in total. The van der Waals surface area contributed by atoms with Gasteiger partial charge in [0.15, 0.2) is 0 Å². The van der Waals surface area contributed by atoms with E-state index in [2.05, 4.69) is 20.6 Å². The van der Waals surface area contributed by atoms with Gasteiger partial charge in [-0.3, -0.25) is 14.6 Å². The van der Waals surface area contributed by atoms with E-state index in [-0.39, 0.29) is 11.6 Å². The number of anilines is 2. The van der Waals surface area contributed by atoms with E-state index < -0.39 is 5.91 Å². The van der Waals surface area contributed by atoms with Crippen molar-refractivity contribution in [3.8, 4) is 0 Å². The van der Waals surface area contributed by atoms with E-state index in [0.717, 1.165) is 0 Å². The summed E-state index contributed by atoms with van der Waals surface area (Å²) in [4.78, 5) is 32.7. The number of nitrogens with zero attached hydrogens (tertiary/aromatic N) is 2. The van der Waals surface area contributed by atoms with Gasteiger partial charge in [0.1, 0.15) is 10.6 Å². The lowest BCUT2D eigenvalue weighted by atomic mass is 10.3. The summed E-state index contributed by atoms with van der Waals surface area (Å²) in [6.07, 6.45) is 4.23. The van der Waals surface area contributed by atoms with Crippen molar-refractivity contribution < 1.29 is 9.59 Å². The van der Waals surface area contributed by atoms with Crippen LogP contribution in [0.3, 0.4) is 0 Å². The Balaban J connectivity index is 1.75. The van der Waals surface area contributed by atoms with E-state index >= 15 is 0 Å². The van der Waals surface area contributed by atoms with Crippen LogP contribution in [-0.4, -0.2) is 21.8 Å². The summed E-state index contributed by atoms with van der Waals surface area (Å²) >= 11 is 13.0. The van der Waals surface area contributed by atoms with Crippen LogP contribution >= 0.6 is 34.5 Å². The second-order valence-electron chi connectivity index (χ2n) is 4.79. The van der Waals surface area contributed by atoms with Crippen molar-refractivity contribution in [2.75, 3.05) is 10.6 Å². The molecular formula is C16H10Cl2N4O2S. The smallest absolute Gasteiger partial charge is 0.275 e. The molecule has 0 aliphatic rings. The molecule has 0 fully saturated rings. The molecular weight excluding hydrogens is 383 g/mol. The number of hydrogen-bond acceptors (Lipinski definition) is 5. The van der Waals surface area contributed by atoms with Crippen molar-refractivity contribution in [2.45, 2.75) is 0 Å². The van der Waals surface area contributed by atoms with Crippen LogP contribution in [0.2, 0.25) is 10.0 Å². The molecule has 0 aliphatic heterocycles. The first kappa shape index (κ1) is 17.3. The Morgan fingerprint density at radius 2 is 1.84 bits per heavy atom. The molecule has 0 unspecified atom stereocenters. The van der Waals surface area contributed by atoms with E-state index in [0.29, 0.717) is 26.3 Å². The van der Waals surface area contributed by atoms with Gasteiger partial charge in [0.05, 0.1) is 21.9 Å². The number of amides is 2. The minimum Gasteiger partial charge on any atom is -0.321 e. The van der Waals surface area contributed by atoms with E-state index in [4.69, 9.17) is 23.2 Å². The van der Waals surface area contributed by atoms with Gasteiger partial charge in [-0.1, -0.05) is 23.2 Å². The quantitative estimate of drug-likeness (QED) is 0.690. The standard InChI is InChI=1S/C16H10Cl2N4O2S/c17-10-2-1-9(7-11(10)18)21-16(24)14-12(3-6-25-14)22-15(23)13-8-19-4-5-20-13/h1-8H,(H,21,24)(H,22,23). The Morgan fingerprint density at radius 1 is 1.00 bits per heavy atom. The molecule has 0 aliphatic carbocycles. The van der Waals surface area contributed by atoms with Gasteiger partial charge in [0.2, 0.25) is 0 Å². The predicted octanol–water partition coefficient (Wildman–Crippen LogP) is 4.35. The Bertz CT molecular complexity index is 931. The van der Waals surface area contributed by atoms with Gasteiger partial charge >= 0.3 is 0 Å². The van der Waals surface area contributed by atoms with Gasteiger partial charge in [0.25, 0.3) is 11.8 Å². The third-order valence-electron chi connectivity index (χ3n) is 3.09. The molecule has 2 amide bonds. The topological polar surface area (TPSA) is 84.0 Å². The van der Waals surface area contributed by atoms with Crippen LogP contribution in [0.1, 0.15) is 20.2 Å². The van der Waals surface area contributed by atoms with Crippen molar-refractivity contribution in [3.63, 3.8) is 0 Å². The van der Waals surface area contributed by atoms with Gasteiger partial charge in [-0.15, -0.1) is 11.3 Å². The molecule has 0 radical (unpaired) electrons. The van der Waals surface area contributed by atoms with Crippen LogP contribution in [0.15, 0.2) is 48.2 Å². The number of carbonyl (C=O) groups excluding carboxylic acids is 2. The molecule has 0 spiro atoms. The van der Waals surface area contributed by atoms with Gasteiger partial charge in [-0.05, 0) is 29.6 Å². The highest BCUT2D eigenvalue weighted by Crippen LogP contribution is 2.27. The molecule has 9 heteroatoms. The summed E-state index contributed by atoms with van der Waals surface area (Å²) in [5, 5.41) is 7.81. The number of halogens is 2. The first-order chi connectivity index (χ1) is 12.0. The number of rotatable bonds is 4. The van der Waals surface area contributed by atoms with Crippen molar-refractivity contribution in [2.24, 2.45) is 0 Å². The minimum absolute atomic E-state index is 0.157. The van der Waals surface area contributed by atoms with E-state index in [1.807, 2.05) is 0 Å². The number of nitrogens with one attached hydrogen (secondary N) is 2. The predicted molar refractivity (Wildman–Crippen MR) is 98.7 cm³/mol. The molecule has 3 aromatic rings. The van der Waals surface area contributed by atoms with Crippen LogP contribution in [0, 0.1) is 0 Å². The average molecular weight is 393 g/mol. The molecule has 0 atom stereocenters. The lowest BCUT2D eigenvalue weighted by molar-refractivity contribution is 0.102. The lowest BCUT2D eigenvalue weighted by Gasteiger charge is -2.08. The van der Waals surface area contributed by atoms with Crippen molar-refractivity contribution in [1.29, 1.82) is 0 Å². The Hall–Kier alpha value is -2.48. The van der Waals surface area contributed by atoms with Gasteiger partial charge < -0.3 is 10.6 Å². The largest absolute Gasteiger partial charge is 0.321 e. The summed E-state index contributed by atoms with van der Waals surface area (Å²) in [6.45, 7) is 0. The van der Waals surface area contributed by atoms with Gasteiger partial charge in [-0.25, -0.2) is 4.98 Å². The molecule has 2 N–H and O–H groups in total. The fraction of sp³-hybridized carbons (Fsp3) is 0. The first-order valence-corrected chi connectivity index (χ1v) is 8.59. The third kappa shape index (κ3) is 4.14. The average Bonchev–Trinajstić information content (AvgIpc) is 3.07. The van der Waals surface area contributed by atoms with E-state index in [1.165, 1.54) is 29.9 Å². The molecule has 1 aromatic carbocycles. The molecule has 0 saturated heterocycles. The molecule has 2 heterocycles. The maximum atomic E-state index is 12.5. The highest BCUT2D eigenvalue weighted by Gasteiger charge is 2.17. The summed E-state index contributed by atoms with van der Waals surface area (Å²) in [5.74, 6) is -0.821. The Kier molecular flexibility index (Phi) is 5.28. The molecule has 25 heavy (non-hydrogen) atoms. The number of benzene rings is 1. The Morgan fingerprint density at radius 3 is 2.56 bits per heavy atom. The zero-order valence-corrected chi connectivity index (χ0v) is 14.8. The zero-order chi connectivity index (χ0) is 17.8. The number of thiophene rings is 1. The number of carbonyl (C=O) groups is 2. The fourth-order valence-corrected chi connectivity index (χ4v) is 2.99. The van der Waals surface area contributed by atoms with Crippen LogP contribution in [0.5, 0.6) is 0 Å². The molecule has 126 valence electrons. The van der Waals surface area contributed by atoms with Crippen LogP contribution in [0.25, 0.3) is 0 Å². The van der Waals surface area contributed by atoms with Crippen molar-refractivity contribution in [3.05, 3.63) is 68.9 Å². The van der Waals surface area contributed by atoms with Crippen molar-refractivity contribution in [1.82, 2.24) is 9.97 Å². The first-order valence-electron chi connectivity index (χ1n) is 6.96. The summed E-state index contributed by atoms with van der Waals surface area (Å²) in [7, 11) is 0. The number of hydrogen-bond donors (Lipinski definition) is 2. The summed E-state index contributed by atoms with van der Waals surface area (Å²) in [5.41, 5.74) is 1.04. The SMILES string of the molecule is O=C(Nc1ccsc1C(=O)Nc1ccc(Cl)c(Cl)c1)c1cnccn1. The maximum Gasteiger partial charge on any atom is 0.275 e. The summed E-state index contributed by atoms with van der Waals surface area (Å²) < 4.78 is 0. The summed E-state index contributed by atoms with van der Waals surface area (Å²) in [6, 6.07) is 6.41. The second kappa shape index (κ2) is 7.60.